The first kappa shape index (κ1) is 15.3. The third-order valence-electron chi connectivity index (χ3n) is 4.65. The Bertz CT molecular complexity index is 375. The summed E-state index contributed by atoms with van der Waals surface area (Å²) < 4.78 is 0. The fourth-order valence-corrected chi connectivity index (χ4v) is 3.14. The van der Waals surface area contributed by atoms with Crippen LogP contribution in [0.5, 0.6) is 0 Å². The van der Waals surface area contributed by atoms with E-state index in [0.29, 0.717) is 12.6 Å². The van der Waals surface area contributed by atoms with Crippen molar-refractivity contribution in [3.63, 3.8) is 0 Å². The van der Waals surface area contributed by atoms with E-state index >= 15 is 0 Å². The number of unbranched alkanes of at least 4 members (excludes halogenated alkanes) is 1. The van der Waals surface area contributed by atoms with Gasteiger partial charge in [-0.1, -0.05) is 20.3 Å². The molecule has 114 valence electrons. The molecule has 1 N–H and O–H groups in total. The Labute approximate surface area is 121 Å². The van der Waals surface area contributed by atoms with Gasteiger partial charge >= 0.3 is 6.03 Å². The van der Waals surface area contributed by atoms with E-state index in [1.165, 1.54) is 4.90 Å². The highest BCUT2D eigenvalue weighted by Crippen LogP contribution is 2.36. The number of imide groups is 1. The maximum Gasteiger partial charge on any atom is 0.326 e. The maximum atomic E-state index is 12.6. The molecule has 2 aliphatic rings. The molecule has 1 spiro atoms. The minimum absolute atomic E-state index is 0.0160. The molecule has 1 saturated heterocycles. The van der Waals surface area contributed by atoms with Crippen molar-refractivity contribution >= 4 is 11.9 Å². The number of amides is 3. The van der Waals surface area contributed by atoms with Gasteiger partial charge in [0, 0.05) is 0 Å². The highest BCUT2D eigenvalue weighted by Gasteiger charge is 2.52. The van der Waals surface area contributed by atoms with Gasteiger partial charge in [-0.15, -0.1) is 0 Å². The van der Waals surface area contributed by atoms with E-state index in [9.17, 15) is 9.59 Å². The van der Waals surface area contributed by atoms with Crippen LogP contribution in [0.4, 0.5) is 4.79 Å². The minimum Gasteiger partial charge on any atom is -0.323 e. The highest BCUT2D eigenvalue weighted by molar-refractivity contribution is 6.07. The predicted octanol–water partition coefficient (Wildman–Crippen LogP) is 2.18. The van der Waals surface area contributed by atoms with E-state index in [0.717, 1.165) is 45.1 Å². The maximum absolute atomic E-state index is 12.6. The lowest BCUT2D eigenvalue weighted by Crippen LogP contribution is -2.49. The molecule has 1 heterocycles. The van der Waals surface area contributed by atoms with Crippen LogP contribution in [-0.2, 0) is 4.79 Å². The van der Waals surface area contributed by atoms with Gasteiger partial charge in [-0.2, -0.15) is 0 Å². The Hall–Kier alpha value is -1.10. The number of carbonyl (C=O) groups excluding carboxylic acids is 2. The van der Waals surface area contributed by atoms with E-state index in [2.05, 4.69) is 19.2 Å². The summed E-state index contributed by atoms with van der Waals surface area (Å²) in [6.07, 6.45) is 5.81. The summed E-state index contributed by atoms with van der Waals surface area (Å²) >= 11 is 0. The van der Waals surface area contributed by atoms with E-state index in [1.807, 2.05) is 11.9 Å². The van der Waals surface area contributed by atoms with Crippen LogP contribution in [0.15, 0.2) is 0 Å². The molecule has 1 saturated carbocycles. The molecule has 0 aromatic heterocycles. The van der Waals surface area contributed by atoms with Crippen LogP contribution < -0.4 is 5.32 Å². The fraction of sp³-hybridized carbons (Fsp3) is 0.867. The van der Waals surface area contributed by atoms with Crippen LogP contribution in [-0.4, -0.2) is 47.5 Å². The summed E-state index contributed by atoms with van der Waals surface area (Å²) in [5.74, 6) is 0.643. The summed E-state index contributed by atoms with van der Waals surface area (Å²) in [6.45, 7) is 5.67. The van der Waals surface area contributed by atoms with Gasteiger partial charge in [0.1, 0.15) is 5.54 Å². The molecule has 3 amide bonds. The first-order valence-electron chi connectivity index (χ1n) is 7.81. The van der Waals surface area contributed by atoms with Crippen LogP contribution >= 0.6 is 0 Å². The Morgan fingerprint density at radius 1 is 1.35 bits per heavy atom. The van der Waals surface area contributed by atoms with Crippen LogP contribution in [0.3, 0.4) is 0 Å². The molecule has 5 heteroatoms. The third-order valence-corrected chi connectivity index (χ3v) is 4.65. The zero-order chi connectivity index (χ0) is 14.8. The largest absolute Gasteiger partial charge is 0.326 e. The van der Waals surface area contributed by atoms with Crippen LogP contribution in [0, 0.1) is 5.92 Å². The summed E-state index contributed by atoms with van der Waals surface area (Å²) in [6, 6.07) is -0.215. The zero-order valence-corrected chi connectivity index (χ0v) is 12.9. The number of nitrogens with one attached hydrogen (secondary N) is 1. The average Bonchev–Trinajstić information content (AvgIpc) is 2.65. The Balaban J connectivity index is 1.98. The average molecular weight is 281 g/mol. The molecule has 0 atom stereocenters. The summed E-state index contributed by atoms with van der Waals surface area (Å²) in [4.78, 5) is 28.2. The second-order valence-electron chi connectivity index (χ2n) is 6.50. The zero-order valence-electron chi connectivity index (χ0n) is 12.9. The van der Waals surface area contributed by atoms with E-state index < -0.39 is 5.54 Å². The monoisotopic (exact) mass is 281 g/mol. The molecule has 1 aliphatic carbocycles. The highest BCUT2D eigenvalue weighted by atomic mass is 16.2. The Morgan fingerprint density at radius 2 is 2.00 bits per heavy atom. The molecule has 0 radical (unpaired) electrons. The van der Waals surface area contributed by atoms with Crippen LogP contribution in [0.1, 0.15) is 52.4 Å². The van der Waals surface area contributed by atoms with Crippen molar-refractivity contribution in [2.24, 2.45) is 5.92 Å². The standard InChI is InChI=1S/C15H27N3O2/c1-4-5-10-17(3)11-18-13(19)15(16-14(18)20)8-6-12(2)7-9-15/h12H,4-11H2,1-3H3,(H,16,20). The first-order valence-corrected chi connectivity index (χ1v) is 7.81. The van der Waals surface area contributed by atoms with Crippen molar-refractivity contribution in [2.75, 3.05) is 20.3 Å². The number of urea groups is 1. The van der Waals surface area contributed by atoms with Crippen LogP contribution in [0.25, 0.3) is 0 Å². The lowest BCUT2D eigenvalue weighted by atomic mass is 9.77. The van der Waals surface area contributed by atoms with Crippen LogP contribution in [0.2, 0.25) is 0 Å². The van der Waals surface area contributed by atoms with Crippen molar-refractivity contribution in [3.8, 4) is 0 Å². The molecular formula is C15H27N3O2. The lowest BCUT2D eigenvalue weighted by molar-refractivity contribution is -0.134. The van der Waals surface area contributed by atoms with Gasteiger partial charge < -0.3 is 5.32 Å². The summed E-state index contributed by atoms with van der Waals surface area (Å²) in [5.41, 5.74) is -0.602. The molecule has 0 aromatic carbocycles. The summed E-state index contributed by atoms with van der Waals surface area (Å²) in [7, 11) is 1.96. The molecule has 0 aromatic rings. The fourth-order valence-electron chi connectivity index (χ4n) is 3.14. The molecule has 5 nitrogen and oxygen atoms in total. The normalized spacial score (nSPS) is 30.4. The van der Waals surface area contributed by atoms with Gasteiger partial charge in [0.2, 0.25) is 0 Å². The van der Waals surface area contributed by atoms with Crippen molar-refractivity contribution in [3.05, 3.63) is 0 Å². The number of hydrogen-bond acceptors (Lipinski definition) is 3. The quantitative estimate of drug-likeness (QED) is 0.786. The second-order valence-corrected chi connectivity index (χ2v) is 6.50. The third kappa shape index (κ3) is 2.97. The van der Waals surface area contributed by atoms with E-state index in [-0.39, 0.29) is 11.9 Å². The number of carbonyl (C=O) groups is 2. The van der Waals surface area contributed by atoms with Gasteiger partial charge in [0.15, 0.2) is 0 Å². The lowest BCUT2D eigenvalue weighted by Gasteiger charge is -2.33. The van der Waals surface area contributed by atoms with Gasteiger partial charge in [-0.25, -0.2) is 9.69 Å². The smallest absolute Gasteiger partial charge is 0.323 e. The van der Waals surface area contributed by atoms with Crippen molar-refractivity contribution in [2.45, 2.75) is 57.9 Å². The number of nitrogens with zero attached hydrogens (tertiary/aromatic N) is 2. The number of hydrogen-bond donors (Lipinski definition) is 1. The topological polar surface area (TPSA) is 52.6 Å². The summed E-state index contributed by atoms with van der Waals surface area (Å²) in [5, 5.41) is 2.96. The van der Waals surface area contributed by atoms with E-state index in [1.54, 1.807) is 0 Å². The predicted molar refractivity (Wildman–Crippen MR) is 78.1 cm³/mol. The SMILES string of the molecule is CCCCN(C)CN1C(=O)NC2(CCC(C)CC2)C1=O. The molecule has 2 fully saturated rings. The molecule has 0 unspecified atom stereocenters. The van der Waals surface area contributed by atoms with Gasteiger partial charge in [-0.3, -0.25) is 9.69 Å². The van der Waals surface area contributed by atoms with Gasteiger partial charge in [-0.05, 0) is 51.6 Å². The minimum atomic E-state index is -0.602. The first-order chi connectivity index (χ1) is 9.48. The molecule has 0 bridgehead atoms. The van der Waals surface area contributed by atoms with Crippen molar-refractivity contribution in [1.29, 1.82) is 0 Å². The van der Waals surface area contributed by atoms with Gasteiger partial charge in [0.05, 0.1) is 6.67 Å². The molecule has 20 heavy (non-hydrogen) atoms. The number of rotatable bonds is 5. The molecular weight excluding hydrogens is 254 g/mol. The Kier molecular flexibility index (Phi) is 4.68. The van der Waals surface area contributed by atoms with Gasteiger partial charge in [0.25, 0.3) is 5.91 Å². The second kappa shape index (κ2) is 6.12. The van der Waals surface area contributed by atoms with E-state index in [4.69, 9.17) is 0 Å². The Morgan fingerprint density at radius 3 is 2.60 bits per heavy atom. The van der Waals surface area contributed by atoms with Crippen molar-refractivity contribution < 1.29 is 9.59 Å². The molecule has 1 aliphatic heterocycles. The molecule has 2 rings (SSSR count). The van der Waals surface area contributed by atoms with Crippen molar-refractivity contribution in [1.82, 2.24) is 15.1 Å².